The second-order valence-corrected chi connectivity index (χ2v) is 10.2. The highest BCUT2D eigenvalue weighted by molar-refractivity contribution is 6.36. The number of carbonyl (C=O) groups is 4. The third kappa shape index (κ3) is 3.98. The van der Waals surface area contributed by atoms with Crippen molar-refractivity contribution < 1.29 is 19.2 Å². The Bertz CT molecular complexity index is 1930. The van der Waals surface area contributed by atoms with Gasteiger partial charge in [-0.3, -0.25) is 24.5 Å². The SMILES string of the molecule is Cc1ccc(N(c2ccccc2)c2ccc(N3C(=O)c4cccc(-c5ccc6c(c5)C(=O)NC6=O)c4C3=O)cc2)cc1. The summed E-state index contributed by atoms with van der Waals surface area (Å²) in [5.74, 6) is -1.80. The van der Waals surface area contributed by atoms with Crippen LogP contribution in [0.2, 0.25) is 0 Å². The Labute approximate surface area is 241 Å². The molecule has 0 saturated carbocycles. The van der Waals surface area contributed by atoms with Crippen LogP contribution in [0.5, 0.6) is 0 Å². The number of benzene rings is 5. The van der Waals surface area contributed by atoms with Crippen LogP contribution in [0, 0.1) is 6.92 Å². The third-order valence-electron chi connectivity index (χ3n) is 7.63. The lowest BCUT2D eigenvalue weighted by Gasteiger charge is -2.26. The van der Waals surface area contributed by atoms with Crippen LogP contribution in [0.1, 0.15) is 47.0 Å². The standard InChI is InChI=1S/C35H23N3O4/c1-21-10-13-24(14-11-21)37(23-6-3-2-4-7-23)25-15-17-26(18-16-25)38-34(41)29-9-5-8-27(31(29)35(38)42)22-12-19-28-30(20-22)33(40)36-32(28)39/h2-20H,1H3,(H,36,39,40). The van der Waals surface area contributed by atoms with Gasteiger partial charge in [0.1, 0.15) is 0 Å². The van der Waals surface area contributed by atoms with Gasteiger partial charge in [-0.25, -0.2) is 4.90 Å². The predicted molar refractivity (Wildman–Crippen MR) is 161 cm³/mol. The van der Waals surface area contributed by atoms with Crippen molar-refractivity contribution in [2.45, 2.75) is 6.92 Å². The topological polar surface area (TPSA) is 86.8 Å². The molecule has 5 aromatic rings. The van der Waals surface area contributed by atoms with E-state index in [0.717, 1.165) is 22.6 Å². The fourth-order valence-corrected chi connectivity index (χ4v) is 5.56. The van der Waals surface area contributed by atoms with Gasteiger partial charge in [0.05, 0.1) is 27.9 Å². The van der Waals surface area contributed by atoms with Crippen molar-refractivity contribution >= 4 is 46.4 Å². The van der Waals surface area contributed by atoms with Gasteiger partial charge in [-0.1, -0.05) is 54.1 Å². The molecule has 0 unspecified atom stereocenters. The molecule has 0 saturated heterocycles. The molecule has 2 aliphatic rings. The highest BCUT2D eigenvalue weighted by atomic mass is 16.2. The Morgan fingerprint density at radius 2 is 1.17 bits per heavy atom. The van der Waals surface area contributed by atoms with Crippen LogP contribution < -0.4 is 15.1 Å². The number of fused-ring (bicyclic) bond motifs is 2. The van der Waals surface area contributed by atoms with E-state index in [0.29, 0.717) is 16.8 Å². The monoisotopic (exact) mass is 549 g/mol. The number of aryl methyl sites for hydroxylation is 1. The zero-order valence-corrected chi connectivity index (χ0v) is 22.5. The first-order valence-electron chi connectivity index (χ1n) is 13.4. The fourth-order valence-electron chi connectivity index (χ4n) is 5.56. The fraction of sp³-hybridized carbons (Fsp3) is 0.0286. The average molecular weight is 550 g/mol. The van der Waals surface area contributed by atoms with Crippen LogP contribution in [0.25, 0.3) is 11.1 Å². The predicted octanol–water partition coefficient (Wildman–Crippen LogP) is 6.82. The second-order valence-electron chi connectivity index (χ2n) is 10.2. The van der Waals surface area contributed by atoms with Gasteiger partial charge in [-0.05, 0) is 84.8 Å². The van der Waals surface area contributed by atoms with Crippen LogP contribution >= 0.6 is 0 Å². The van der Waals surface area contributed by atoms with Crippen LogP contribution in [0.3, 0.4) is 0 Å². The highest BCUT2D eigenvalue weighted by Gasteiger charge is 2.39. The first-order chi connectivity index (χ1) is 20.4. The van der Waals surface area contributed by atoms with Crippen molar-refractivity contribution in [1.82, 2.24) is 5.32 Å². The molecule has 0 radical (unpaired) electrons. The molecule has 4 amide bonds. The number of nitrogens with zero attached hydrogens (tertiary/aromatic N) is 2. The van der Waals surface area contributed by atoms with Gasteiger partial charge in [-0.15, -0.1) is 0 Å². The number of anilines is 4. The van der Waals surface area contributed by atoms with E-state index in [1.807, 2.05) is 49.4 Å². The van der Waals surface area contributed by atoms with E-state index in [1.54, 1.807) is 48.5 Å². The molecule has 5 aromatic carbocycles. The van der Waals surface area contributed by atoms with Gasteiger partial charge in [0.2, 0.25) is 0 Å². The maximum atomic E-state index is 13.8. The summed E-state index contributed by atoms with van der Waals surface area (Å²) in [4.78, 5) is 54.9. The van der Waals surface area contributed by atoms with Gasteiger partial charge in [0.15, 0.2) is 0 Å². The van der Waals surface area contributed by atoms with Gasteiger partial charge in [0.25, 0.3) is 23.6 Å². The number of nitrogens with one attached hydrogen (secondary N) is 1. The molecular weight excluding hydrogens is 526 g/mol. The van der Waals surface area contributed by atoms with E-state index in [2.05, 4.69) is 34.5 Å². The summed E-state index contributed by atoms with van der Waals surface area (Å²) in [5, 5.41) is 2.28. The first-order valence-corrected chi connectivity index (χ1v) is 13.4. The number of para-hydroxylation sites is 1. The Morgan fingerprint density at radius 1 is 0.548 bits per heavy atom. The van der Waals surface area contributed by atoms with Crippen LogP contribution in [0.15, 0.2) is 115 Å². The van der Waals surface area contributed by atoms with Crippen molar-refractivity contribution in [3.05, 3.63) is 143 Å². The van der Waals surface area contributed by atoms with Gasteiger partial charge < -0.3 is 4.90 Å². The van der Waals surface area contributed by atoms with Crippen LogP contribution in [-0.2, 0) is 0 Å². The summed E-state index contributed by atoms with van der Waals surface area (Å²) < 4.78 is 0. The molecule has 2 heterocycles. The third-order valence-corrected chi connectivity index (χ3v) is 7.63. The number of carbonyl (C=O) groups excluding carboxylic acids is 4. The quantitative estimate of drug-likeness (QED) is 0.243. The zero-order valence-electron chi connectivity index (χ0n) is 22.5. The lowest BCUT2D eigenvalue weighted by molar-refractivity contribution is 0.0874. The molecule has 0 spiro atoms. The maximum Gasteiger partial charge on any atom is 0.266 e. The Balaban J connectivity index is 1.25. The van der Waals surface area contributed by atoms with Crippen LogP contribution in [-0.4, -0.2) is 23.6 Å². The average Bonchev–Trinajstić information content (AvgIpc) is 3.45. The minimum atomic E-state index is -0.483. The van der Waals surface area contributed by atoms with E-state index in [9.17, 15) is 19.2 Å². The number of hydrogen-bond acceptors (Lipinski definition) is 5. The number of imide groups is 2. The summed E-state index contributed by atoms with van der Waals surface area (Å²) >= 11 is 0. The molecule has 42 heavy (non-hydrogen) atoms. The van der Waals surface area contributed by atoms with Crippen molar-refractivity contribution in [3.63, 3.8) is 0 Å². The van der Waals surface area contributed by atoms with E-state index >= 15 is 0 Å². The van der Waals surface area contributed by atoms with Crippen LogP contribution in [0.4, 0.5) is 22.7 Å². The molecule has 7 rings (SSSR count). The molecule has 0 atom stereocenters. The number of hydrogen-bond donors (Lipinski definition) is 1. The van der Waals surface area contributed by atoms with Crippen molar-refractivity contribution in [2.24, 2.45) is 0 Å². The minimum Gasteiger partial charge on any atom is -0.311 e. The Morgan fingerprint density at radius 3 is 1.88 bits per heavy atom. The first kappa shape index (κ1) is 25.2. The molecule has 0 aliphatic carbocycles. The summed E-state index contributed by atoms with van der Waals surface area (Å²) in [6.07, 6.45) is 0. The van der Waals surface area contributed by atoms with Crippen molar-refractivity contribution in [1.29, 1.82) is 0 Å². The lowest BCUT2D eigenvalue weighted by atomic mass is 9.94. The smallest absolute Gasteiger partial charge is 0.266 e. The van der Waals surface area contributed by atoms with E-state index in [1.165, 1.54) is 4.90 Å². The molecule has 2 aliphatic heterocycles. The van der Waals surface area contributed by atoms with Gasteiger partial charge in [-0.2, -0.15) is 0 Å². The minimum absolute atomic E-state index is 0.246. The van der Waals surface area contributed by atoms with Crippen molar-refractivity contribution in [2.75, 3.05) is 9.80 Å². The normalized spacial score (nSPS) is 13.7. The maximum absolute atomic E-state index is 13.8. The zero-order chi connectivity index (χ0) is 29.0. The highest BCUT2D eigenvalue weighted by Crippen LogP contribution is 2.39. The number of amides is 4. The number of rotatable bonds is 5. The molecule has 0 aromatic heterocycles. The Kier molecular flexibility index (Phi) is 5.80. The van der Waals surface area contributed by atoms with Crippen molar-refractivity contribution in [3.8, 4) is 11.1 Å². The summed E-state index contributed by atoms with van der Waals surface area (Å²) in [7, 11) is 0. The van der Waals surface area contributed by atoms with Gasteiger partial charge in [0, 0.05) is 17.1 Å². The molecule has 1 N–H and O–H groups in total. The lowest BCUT2D eigenvalue weighted by Crippen LogP contribution is -2.29. The second kappa shape index (κ2) is 9.67. The van der Waals surface area contributed by atoms with Gasteiger partial charge >= 0.3 is 0 Å². The van der Waals surface area contributed by atoms with E-state index in [-0.39, 0.29) is 22.3 Å². The molecule has 7 heteroatoms. The molecule has 7 nitrogen and oxygen atoms in total. The largest absolute Gasteiger partial charge is 0.311 e. The van der Waals surface area contributed by atoms with E-state index in [4.69, 9.17) is 0 Å². The Hall–Kier alpha value is -5.82. The summed E-state index contributed by atoms with van der Waals surface area (Å²) in [6, 6.07) is 35.4. The molecular formula is C35H23N3O4. The molecule has 0 bridgehead atoms. The molecule has 0 fully saturated rings. The van der Waals surface area contributed by atoms with E-state index < -0.39 is 23.6 Å². The summed E-state index contributed by atoms with van der Waals surface area (Å²) in [5.41, 5.74) is 6.62. The molecule has 202 valence electrons. The summed E-state index contributed by atoms with van der Waals surface area (Å²) in [6.45, 7) is 2.04.